The van der Waals surface area contributed by atoms with E-state index in [4.69, 9.17) is 4.74 Å². The lowest BCUT2D eigenvalue weighted by molar-refractivity contribution is -0.877. The van der Waals surface area contributed by atoms with E-state index < -0.39 is 11.9 Å². The largest absolute Gasteiger partial charge is 0.550 e. The number of carbonyl (C=O) groups is 2. The molecule has 5 heteroatoms. The van der Waals surface area contributed by atoms with Gasteiger partial charge in [-0.05, 0) is 25.3 Å². The summed E-state index contributed by atoms with van der Waals surface area (Å²) in [5.41, 5.74) is 0. The Morgan fingerprint density at radius 2 is 1.21 bits per heavy atom. The van der Waals surface area contributed by atoms with Gasteiger partial charge in [-0.2, -0.15) is 0 Å². The topological polar surface area (TPSA) is 66.4 Å². The van der Waals surface area contributed by atoms with E-state index in [1.54, 1.807) is 0 Å². The molecule has 0 aromatic rings. The Bertz CT molecular complexity index is 494. The Balaban J connectivity index is 0.00000123. The highest BCUT2D eigenvalue weighted by Crippen LogP contribution is 2.13. The zero-order valence-electron chi connectivity index (χ0n) is 22.1. The minimum atomic E-state index is -1.23. The first-order valence-electron chi connectivity index (χ1n) is 13.7. The molecule has 0 aliphatic carbocycles. The van der Waals surface area contributed by atoms with Gasteiger partial charge in [0, 0.05) is 18.8 Å². The van der Waals surface area contributed by atoms with Crippen LogP contribution in [0.3, 0.4) is 0 Å². The predicted octanol–water partition coefficient (Wildman–Crippen LogP) is 6.30. The number of esters is 1. The average Bonchev–Trinajstić information content (AvgIpc) is 3.18. The number of rotatable bonds is 19. The van der Waals surface area contributed by atoms with Crippen LogP contribution in [0, 0.1) is 0 Å². The number of unbranched alkanes of at least 4 members (excludes halogenated alkanes) is 14. The molecule has 0 unspecified atom stereocenters. The van der Waals surface area contributed by atoms with Crippen LogP contribution in [-0.4, -0.2) is 43.6 Å². The molecule has 5 nitrogen and oxygen atoms in total. The van der Waals surface area contributed by atoms with Crippen molar-refractivity contribution in [1.82, 2.24) is 0 Å². The van der Waals surface area contributed by atoms with Crippen LogP contribution >= 0.6 is 0 Å². The van der Waals surface area contributed by atoms with E-state index in [1.807, 2.05) is 6.08 Å². The molecule has 0 aromatic carbocycles. The van der Waals surface area contributed by atoms with Gasteiger partial charge in [0.1, 0.15) is 0 Å². The van der Waals surface area contributed by atoms with Gasteiger partial charge in [-0.3, -0.25) is 4.79 Å². The van der Waals surface area contributed by atoms with Gasteiger partial charge in [0.2, 0.25) is 0 Å². The third-order valence-electron chi connectivity index (χ3n) is 6.33. The summed E-state index contributed by atoms with van der Waals surface area (Å²) in [5, 5.41) is 10.2. The molecule has 194 valence electrons. The Labute approximate surface area is 204 Å². The summed E-state index contributed by atoms with van der Waals surface area (Å²) in [7, 11) is 4.60. The lowest BCUT2D eigenvalue weighted by atomic mass is 10.0. The molecular weight excluding hydrogens is 414 g/mol. The molecule has 0 N–H and O–H groups in total. The quantitative estimate of drug-likeness (QED) is 0.0967. The van der Waals surface area contributed by atoms with Crippen LogP contribution in [0.2, 0.25) is 0 Å². The maximum atomic E-state index is 11.1. The number of carbonyl (C=O) groups excluding carboxylic acids is 2. The number of aliphatic carboxylic acids is 1. The number of carboxylic acids is 1. The van der Waals surface area contributed by atoms with E-state index >= 15 is 0 Å². The van der Waals surface area contributed by atoms with Crippen molar-refractivity contribution in [3.8, 4) is 0 Å². The van der Waals surface area contributed by atoms with E-state index in [-0.39, 0.29) is 12.8 Å². The Morgan fingerprint density at radius 1 is 0.758 bits per heavy atom. The minimum absolute atomic E-state index is 0.133. The number of hydrogen-bond acceptors (Lipinski definition) is 4. The fourth-order valence-corrected chi connectivity index (χ4v) is 4.10. The van der Waals surface area contributed by atoms with Gasteiger partial charge in [-0.15, -0.1) is 0 Å². The van der Waals surface area contributed by atoms with Crippen LogP contribution in [0.15, 0.2) is 12.3 Å². The number of hydrogen-bond donors (Lipinski definition) is 0. The first-order valence-corrected chi connectivity index (χ1v) is 13.7. The monoisotopic (exact) mass is 467 g/mol. The van der Waals surface area contributed by atoms with Crippen LogP contribution in [0.4, 0.5) is 0 Å². The van der Waals surface area contributed by atoms with Gasteiger partial charge in [-0.25, -0.2) is 0 Å². The van der Waals surface area contributed by atoms with Crippen molar-refractivity contribution in [2.75, 3.05) is 27.2 Å². The molecular formula is C28H53NO4. The second-order valence-electron chi connectivity index (χ2n) is 10.2. The van der Waals surface area contributed by atoms with Crippen molar-refractivity contribution in [1.29, 1.82) is 0 Å². The average molecular weight is 468 g/mol. The summed E-state index contributed by atoms with van der Waals surface area (Å²) < 4.78 is 6.05. The van der Waals surface area contributed by atoms with Crippen LogP contribution in [-0.2, 0) is 14.3 Å². The van der Waals surface area contributed by atoms with E-state index in [0.717, 1.165) is 12.8 Å². The molecule has 1 heterocycles. The predicted molar refractivity (Wildman–Crippen MR) is 135 cm³/mol. The van der Waals surface area contributed by atoms with Crippen molar-refractivity contribution in [2.45, 2.75) is 129 Å². The standard InChI is InChI=1S/C22H40O4.C6H14N/c1-2-3-4-5-6-7-8-9-10-11-12-13-14-15-16-17-20-26-22(25)19-18-21(23)24;1-7(2)5-3-4-6-7/h17,20H,2-16,18-19H2,1H3,(H,23,24);3-6H2,1-2H3/q;+1/p-1. The lowest BCUT2D eigenvalue weighted by Gasteiger charge is -2.21. The smallest absolute Gasteiger partial charge is 0.310 e. The Kier molecular flexibility index (Phi) is 21.5. The Morgan fingerprint density at radius 3 is 1.61 bits per heavy atom. The van der Waals surface area contributed by atoms with Gasteiger partial charge in [0.15, 0.2) is 0 Å². The third kappa shape index (κ3) is 25.1. The SMILES string of the molecule is CCCCCCCCCCCCCCCCC=COC(=O)CCC(=O)[O-].C[N+]1(C)CCCC1. The van der Waals surface area contributed by atoms with E-state index in [1.165, 1.54) is 120 Å². The molecule has 0 bridgehead atoms. The molecule has 0 saturated carbocycles. The lowest BCUT2D eigenvalue weighted by Crippen LogP contribution is -2.35. The van der Waals surface area contributed by atoms with Gasteiger partial charge < -0.3 is 19.1 Å². The number of quaternary nitrogens is 1. The van der Waals surface area contributed by atoms with Crippen LogP contribution in [0.1, 0.15) is 129 Å². The molecule has 0 radical (unpaired) electrons. The third-order valence-corrected chi connectivity index (χ3v) is 6.33. The molecule has 0 aromatic heterocycles. The van der Waals surface area contributed by atoms with Crippen molar-refractivity contribution in [3.63, 3.8) is 0 Å². The molecule has 1 fully saturated rings. The van der Waals surface area contributed by atoms with E-state index in [0.29, 0.717) is 0 Å². The molecule has 1 rings (SSSR count). The van der Waals surface area contributed by atoms with Crippen LogP contribution < -0.4 is 5.11 Å². The second-order valence-corrected chi connectivity index (χ2v) is 10.2. The summed E-state index contributed by atoms with van der Waals surface area (Å²) in [5.74, 6) is -1.75. The van der Waals surface area contributed by atoms with Crippen molar-refractivity contribution in [3.05, 3.63) is 12.3 Å². The minimum Gasteiger partial charge on any atom is -0.550 e. The van der Waals surface area contributed by atoms with Crippen LogP contribution in [0.5, 0.6) is 0 Å². The fraction of sp³-hybridized carbons (Fsp3) is 0.857. The summed E-state index contributed by atoms with van der Waals surface area (Å²) in [4.78, 5) is 21.3. The van der Waals surface area contributed by atoms with Gasteiger partial charge in [-0.1, -0.05) is 90.4 Å². The zero-order valence-corrected chi connectivity index (χ0v) is 22.1. The van der Waals surface area contributed by atoms with Gasteiger partial charge in [0.05, 0.1) is 39.9 Å². The number of ether oxygens (including phenoxy) is 1. The highest BCUT2D eigenvalue weighted by molar-refractivity contribution is 5.75. The number of carboxylic acid groups (broad SMARTS) is 1. The molecule has 33 heavy (non-hydrogen) atoms. The van der Waals surface area contributed by atoms with Crippen molar-refractivity contribution < 1.29 is 23.9 Å². The van der Waals surface area contributed by atoms with E-state index in [2.05, 4.69) is 21.0 Å². The van der Waals surface area contributed by atoms with E-state index in [9.17, 15) is 14.7 Å². The molecule has 1 aliphatic rings. The first kappa shape index (κ1) is 31.6. The summed E-state index contributed by atoms with van der Waals surface area (Å²) >= 11 is 0. The van der Waals surface area contributed by atoms with Gasteiger partial charge >= 0.3 is 5.97 Å². The van der Waals surface area contributed by atoms with Gasteiger partial charge in [0.25, 0.3) is 0 Å². The van der Waals surface area contributed by atoms with Crippen LogP contribution in [0.25, 0.3) is 0 Å². The first-order chi connectivity index (χ1) is 15.9. The fourth-order valence-electron chi connectivity index (χ4n) is 4.10. The summed E-state index contributed by atoms with van der Waals surface area (Å²) in [6.45, 7) is 5.04. The number of nitrogens with zero attached hydrogens (tertiary/aromatic N) is 1. The number of allylic oxidation sites excluding steroid dienone is 1. The molecule has 1 aliphatic heterocycles. The summed E-state index contributed by atoms with van der Waals surface area (Å²) in [6.07, 6.45) is 25.4. The maximum Gasteiger partial charge on any atom is 0.310 e. The maximum absolute atomic E-state index is 11.1. The highest BCUT2D eigenvalue weighted by Gasteiger charge is 2.19. The zero-order chi connectivity index (χ0) is 24.6. The molecule has 0 spiro atoms. The molecule has 1 saturated heterocycles. The normalized spacial score (nSPS) is 14.8. The second kappa shape index (κ2) is 22.4. The number of likely N-dealkylation sites (tertiary alicyclic amines) is 1. The van der Waals surface area contributed by atoms with Crippen molar-refractivity contribution >= 4 is 11.9 Å². The Hall–Kier alpha value is -1.36. The molecule has 0 atom stereocenters. The van der Waals surface area contributed by atoms with Crippen molar-refractivity contribution in [2.24, 2.45) is 0 Å². The molecule has 0 amide bonds. The highest BCUT2D eigenvalue weighted by atomic mass is 16.5. The summed E-state index contributed by atoms with van der Waals surface area (Å²) in [6, 6.07) is 0.